The molecule has 2 aliphatic heterocycles. The maximum atomic E-state index is 13.8. The normalized spacial score (nSPS) is 23.9. The Morgan fingerprint density at radius 3 is 2.63 bits per heavy atom. The SMILES string of the molecule is CC/C=C\C1=C(C)c2ccccc2C1(CCCCN1CCC(NC(=O)C2CCCNC2=O)CC1)C(=O)NCI(F)F. The number of carbonyl (C=O) groups excluding carboxylic acids is 3. The molecule has 2 saturated heterocycles. The summed E-state index contributed by atoms with van der Waals surface area (Å²) in [6.45, 7) is 7.30. The summed E-state index contributed by atoms with van der Waals surface area (Å²) in [4.78, 5) is 40.8. The molecule has 0 saturated carbocycles. The number of nitrogens with zero attached hydrogens (tertiary/aromatic N) is 1. The van der Waals surface area contributed by atoms with Gasteiger partial charge < -0.3 is 10.6 Å². The Labute approximate surface area is 250 Å². The Bertz CT molecular complexity index is 1170. The van der Waals surface area contributed by atoms with E-state index in [0.717, 1.165) is 80.4 Å². The molecular weight excluding hydrogens is 641 g/mol. The van der Waals surface area contributed by atoms with Crippen molar-refractivity contribution in [3.8, 4) is 0 Å². The Morgan fingerprint density at radius 2 is 1.93 bits per heavy atom. The van der Waals surface area contributed by atoms with Gasteiger partial charge in [0.05, 0.1) is 0 Å². The third-order valence-electron chi connectivity index (χ3n) is 8.70. The number of rotatable bonds is 12. The van der Waals surface area contributed by atoms with Crippen LogP contribution in [0.4, 0.5) is 5.72 Å². The number of allylic oxidation sites excluding steroid dienone is 3. The molecule has 0 aromatic heterocycles. The molecule has 0 radical (unpaired) electrons. The van der Waals surface area contributed by atoms with Crippen molar-refractivity contribution < 1.29 is 20.1 Å². The van der Waals surface area contributed by atoms with Gasteiger partial charge in [0.25, 0.3) is 0 Å². The number of likely N-dealkylation sites (tertiary alicyclic amines) is 1. The van der Waals surface area contributed by atoms with Crippen molar-refractivity contribution in [3.63, 3.8) is 0 Å². The van der Waals surface area contributed by atoms with Gasteiger partial charge in [0.1, 0.15) is 5.92 Å². The van der Waals surface area contributed by atoms with E-state index in [0.29, 0.717) is 19.4 Å². The number of piperidine rings is 2. The number of carbonyl (C=O) groups is 3. The number of nitrogens with one attached hydrogen (secondary N) is 3. The Hall–Kier alpha value is -2.34. The van der Waals surface area contributed by atoms with Crippen LogP contribution < -0.4 is 16.0 Å². The molecule has 226 valence electrons. The van der Waals surface area contributed by atoms with E-state index < -0.39 is 36.9 Å². The van der Waals surface area contributed by atoms with Crippen LogP contribution in [0.1, 0.15) is 76.3 Å². The van der Waals surface area contributed by atoms with Crippen LogP contribution in [-0.4, -0.2) is 59.4 Å². The van der Waals surface area contributed by atoms with Crippen LogP contribution >= 0.6 is 21.0 Å². The van der Waals surface area contributed by atoms with E-state index in [1.165, 1.54) is 0 Å². The van der Waals surface area contributed by atoms with E-state index >= 15 is 0 Å². The van der Waals surface area contributed by atoms with Gasteiger partial charge in [-0.15, -0.1) is 0 Å². The average molecular weight is 685 g/mol. The summed E-state index contributed by atoms with van der Waals surface area (Å²) in [5, 5.41) is 8.47. The monoisotopic (exact) mass is 684 g/mol. The van der Waals surface area contributed by atoms with E-state index in [1.54, 1.807) is 0 Å². The summed E-state index contributed by atoms with van der Waals surface area (Å²) in [6, 6.07) is 7.96. The number of alkyl halides is 1. The van der Waals surface area contributed by atoms with Crippen molar-refractivity contribution in [2.24, 2.45) is 5.92 Å². The minimum absolute atomic E-state index is 0.0790. The van der Waals surface area contributed by atoms with Crippen molar-refractivity contribution >= 4 is 44.3 Å². The summed E-state index contributed by atoms with van der Waals surface area (Å²) in [6.07, 6.45) is 10.2. The number of amides is 3. The van der Waals surface area contributed by atoms with Crippen molar-refractivity contribution in [1.82, 2.24) is 20.9 Å². The molecule has 0 bridgehead atoms. The molecule has 7 nitrogen and oxygen atoms in total. The van der Waals surface area contributed by atoms with Crippen molar-refractivity contribution in [2.45, 2.75) is 76.7 Å². The van der Waals surface area contributed by atoms with Gasteiger partial charge in [-0.25, -0.2) is 0 Å². The molecule has 2 heterocycles. The van der Waals surface area contributed by atoms with Crippen LogP contribution in [-0.2, 0) is 19.8 Å². The summed E-state index contributed by atoms with van der Waals surface area (Å²) in [5.74, 6) is -1.23. The molecule has 1 aromatic carbocycles. The van der Waals surface area contributed by atoms with Crippen LogP contribution in [0, 0.1) is 5.92 Å². The molecule has 2 fully saturated rings. The van der Waals surface area contributed by atoms with Crippen LogP contribution in [0.15, 0.2) is 42.0 Å². The zero-order valence-corrected chi connectivity index (χ0v) is 26.3. The van der Waals surface area contributed by atoms with Gasteiger partial charge in [0, 0.05) is 6.54 Å². The molecule has 2 atom stereocenters. The summed E-state index contributed by atoms with van der Waals surface area (Å²) >= 11 is -4.11. The standard InChI is InChI=1S/C31H43F2IN4O3/c1-3-4-12-26-22(2)24-10-5-6-13-27(24)31(26,30(41)36-21-34(32)33)16-7-8-18-38-19-14-23(15-20-38)37-29(40)25-11-9-17-35-28(25)39/h4-6,10,12-13,23,25H,3,7-9,11,14-21H2,1-2H3,(H,35,39)(H,36,41)(H,37,40)/b12-4-. The Balaban J connectivity index is 1.36. The first-order valence-corrected chi connectivity index (χ1v) is 18.0. The van der Waals surface area contributed by atoms with Crippen LogP contribution in [0.5, 0.6) is 0 Å². The Morgan fingerprint density at radius 1 is 1.17 bits per heavy atom. The van der Waals surface area contributed by atoms with Crippen molar-refractivity contribution in [3.05, 3.63) is 53.1 Å². The fourth-order valence-corrected chi connectivity index (χ4v) is 7.17. The maximum absolute atomic E-state index is 13.8. The van der Waals surface area contributed by atoms with Gasteiger partial charge in [0.15, 0.2) is 0 Å². The summed E-state index contributed by atoms with van der Waals surface area (Å²) in [5.41, 5.74) is 2.91. The van der Waals surface area contributed by atoms with Gasteiger partial charge in [-0.3, -0.25) is 9.59 Å². The number of hydrogen-bond acceptors (Lipinski definition) is 4. The molecule has 3 aliphatic rings. The van der Waals surface area contributed by atoms with Gasteiger partial charge in [-0.2, -0.15) is 0 Å². The second-order valence-electron chi connectivity index (χ2n) is 11.3. The predicted octanol–water partition coefficient (Wildman–Crippen LogP) is 5.30. The first-order chi connectivity index (χ1) is 19.8. The van der Waals surface area contributed by atoms with Gasteiger partial charge in [-0.05, 0) is 12.8 Å². The third kappa shape index (κ3) is 7.36. The molecule has 3 amide bonds. The molecule has 1 aliphatic carbocycles. The van der Waals surface area contributed by atoms with E-state index in [-0.39, 0.29) is 23.8 Å². The molecule has 4 rings (SSSR count). The molecule has 10 heteroatoms. The molecule has 41 heavy (non-hydrogen) atoms. The van der Waals surface area contributed by atoms with Gasteiger partial charge in [0.2, 0.25) is 11.8 Å². The topological polar surface area (TPSA) is 90.5 Å². The predicted molar refractivity (Wildman–Crippen MR) is 167 cm³/mol. The number of hydrogen-bond donors (Lipinski definition) is 3. The molecule has 3 N–H and O–H groups in total. The zero-order chi connectivity index (χ0) is 29.4. The first-order valence-electron chi connectivity index (χ1n) is 14.8. The quantitative estimate of drug-likeness (QED) is 0.0917. The number of halogens is 3. The second kappa shape index (κ2) is 14.7. The number of fused-ring (bicyclic) bond motifs is 1. The average Bonchev–Trinajstić information content (AvgIpc) is 3.21. The molecule has 2 unspecified atom stereocenters. The molecule has 0 spiro atoms. The number of benzene rings is 1. The molecule has 1 aromatic rings. The third-order valence-corrected chi connectivity index (χ3v) is 9.66. The fraction of sp³-hybridized carbons (Fsp3) is 0.581. The zero-order valence-electron chi connectivity index (χ0n) is 24.1. The fourth-order valence-electron chi connectivity index (χ4n) is 6.54. The van der Waals surface area contributed by atoms with Crippen molar-refractivity contribution in [1.29, 1.82) is 0 Å². The van der Waals surface area contributed by atoms with Crippen LogP contribution in [0.3, 0.4) is 0 Å². The summed E-state index contributed by atoms with van der Waals surface area (Å²) in [7, 11) is 0. The van der Waals surface area contributed by atoms with Gasteiger partial charge in [-0.1, -0.05) is 0 Å². The van der Waals surface area contributed by atoms with Crippen molar-refractivity contribution in [2.75, 3.05) is 30.7 Å². The Kier molecular flexibility index (Phi) is 11.3. The second-order valence-corrected chi connectivity index (χ2v) is 13.5. The van der Waals surface area contributed by atoms with E-state index in [2.05, 4.69) is 20.9 Å². The molecular formula is C31H43F2IN4O3. The van der Waals surface area contributed by atoms with Crippen LogP contribution in [0.2, 0.25) is 0 Å². The minimum atomic E-state index is -4.11. The van der Waals surface area contributed by atoms with Gasteiger partial charge >= 0.3 is 194 Å². The first kappa shape index (κ1) is 31.6. The van der Waals surface area contributed by atoms with E-state index in [1.807, 2.05) is 50.3 Å². The van der Waals surface area contributed by atoms with E-state index in [9.17, 15) is 20.1 Å². The van der Waals surface area contributed by atoms with E-state index in [4.69, 9.17) is 0 Å². The number of unbranched alkanes of at least 4 members (excludes halogenated alkanes) is 1. The van der Waals surface area contributed by atoms with Crippen LogP contribution in [0.25, 0.3) is 5.57 Å². The summed E-state index contributed by atoms with van der Waals surface area (Å²) < 4.78 is 26.0.